The fourth-order valence-corrected chi connectivity index (χ4v) is 2.95. The molecule has 0 amide bonds. The molecule has 1 heterocycles. The highest BCUT2D eigenvalue weighted by molar-refractivity contribution is 9.10. The first-order valence-electron chi connectivity index (χ1n) is 5.33. The van der Waals surface area contributed by atoms with Crippen LogP contribution in [0.25, 0.3) is 0 Å². The first-order valence-corrected chi connectivity index (χ1v) is 7.98. The topological polar surface area (TPSA) is 59.1 Å². The van der Waals surface area contributed by atoms with Crippen molar-refractivity contribution in [3.8, 4) is 0 Å². The van der Waals surface area contributed by atoms with Gasteiger partial charge in [0.2, 0.25) is 10.0 Å². The van der Waals surface area contributed by atoms with Gasteiger partial charge in [-0.1, -0.05) is 39.7 Å². The number of nitrogens with one attached hydrogen (secondary N) is 1. The molecule has 0 spiro atoms. The van der Waals surface area contributed by atoms with E-state index in [0.29, 0.717) is 0 Å². The van der Waals surface area contributed by atoms with Gasteiger partial charge < -0.3 is 0 Å². The van der Waals surface area contributed by atoms with E-state index in [-0.39, 0.29) is 16.6 Å². The fraction of sp³-hybridized carbons (Fsp3) is 0.0833. The molecule has 19 heavy (non-hydrogen) atoms. The molecule has 7 heteroatoms. The summed E-state index contributed by atoms with van der Waals surface area (Å²) in [5, 5.41) is 0.255. The van der Waals surface area contributed by atoms with Gasteiger partial charge in [-0.3, -0.25) is 0 Å². The summed E-state index contributed by atoms with van der Waals surface area (Å²) in [5.74, 6) is 0. The number of pyridine rings is 1. The van der Waals surface area contributed by atoms with Gasteiger partial charge in [-0.25, -0.2) is 18.1 Å². The number of aromatic nitrogens is 1. The van der Waals surface area contributed by atoms with Gasteiger partial charge in [0, 0.05) is 17.2 Å². The molecule has 4 nitrogen and oxygen atoms in total. The highest BCUT2D eigenvalue weighted by Gasteiger charge is 2.13. The fourth-order valence-electron chi connectivity index (χ4n) is 1.43. The lowest BCUT2D eigenvalue weighted by molar-refractivity contribution is 0.581. The second kappa shape index (κ2) is 6.00. The molecule has 2 rings (SSSR count). The van der Waals surface area contributed by atoms with Crippen molar-refractivity contribution in [2.75, 3.05) is 0 Å². The molecule has 0 atom stereocenters. The van der Waals surface area contributed by atoms with Crippen molar-refractivity contribution in [3.05, 3.63) is 57.8 Å². The Bertz CT molecular complexity index is 674. The minimum absolute atomic E-state index is 0.0897. The van der Waals surface area contributed by atoms with Crippen molar-refractivity contribution >= 4 is 37.6 Å². The van der Waals surface area contributed by atoms with Crippen LogP contribution in [0, 0.1) is 0 Å². The third-order valence-electron chi connectivity index (χ3n) is 2.37. The monoisotopic (exact) mass is 360 g/mol. The Hall–Kier alpha value is -0.950. The molecule has 0 aliphatic carbocycles. The smallest absolute Gasteiger partial charge is 0.242 e. The van der Waals surface area contributed by atoms with Gasteiger partial charge in [0.15, 0.2) is 0 Å². The molecule has 2 aromatic rings. The van der Waals surface area contributed by atoms with Gasteiger partial charge in [0.1, 0.15) is 10.0 Å². The standard InChI is InChI=1S/C12H10BrClN2O2S/c13-10-3-1-2-9(6-10)7-16-19(17,18)11-4-5-12(14)15-8-11/h1-6,8,16H,7H2. The Labute approximate surface area is 125 Å². The van der Waals surface area contributed by atoms with Crippen LogP contribution < -0.4 is 4.72 Å². The number of hydrogen-bond acceptors (Lipinski definition) is 3. The van der Waals surface area contributed by atoms with E-state index in [4.69, 9.17) is 11.6 Å². The number of halogens is 2. The minimum atomic E-state index is -3.57. The maximum atomic E-state index is 12.0. The Morgan fingerprint density at radius 3 is 2.68 bits per heavy atom. The van der Waals surface area contributed by atoms with E-state index in [2.05, 4.69) is 25.6 Å². The summed E-state index contributed by atoms with van der Waals surface area (Å²) in [5.41, 5.74) is 0.861. The molecule has 1 N–H and O–H groups in total. The zero-order valence-corrected chi connectivity index (χ0v) is 12.8. The van der Waals surface area contributed by atoms with E-state index in [1.807, 2.05) is 24.3 Å². The Morgan fingerprint density at radius 1 is 1.26 bits per heavy atom. The van der Waals surface area contributed by atoms with Crippen LogP contribution >= 0.6 is 27.5 Å². The van der Waals surface area contributed by atoms with Gasteiger partial charge in [-0.05, 0) is 29.8 Å². The molecule has 1 aromatic heterocycles. The van der Waals surface area contributed by atoms with Crippen LogP contribution in [0.2, 0.25) is 5.15 Å². The van der Waals surface area contributed by atoms with Crippen molar-refractivity contribution < 1.29 is 8.42 Å². The van der Waals surface area contributed by atoms with Crippen molar-refractivity contribution in [1.82, 2.24) is 9.71 Å². The summed E-state index contributed by atoms with van der Waals surface area (Å²) < 4.78 is 27.4. The van der Waals surface area contributed by atoms with Crippen LogP contribution in [0.4, 0.5) is 0 Å². The Morgan fingerprint density at radius 2 is 2.05 bits per heavy atom. The lowest BCUT2D eigenvalue weighted by atomic mass is 10.2. The Kier molecular flexibility index (Phi) is 4.57. The number of sulfonamides is 1. The predicted molar refractivity (Wildman–Crippen MR) is 77.4 cm³/mol. The molecule has 0 unspecified atom stereocenters. The number of rotatable bonds is 4. The third-order valence-corrected chi connectivity index (χ3v) is 4.47. The molecule has 0 saturated carbocycles. The van der Waals surface area contributed by atoms with Crippen LogP contribution in [0.5, 0.6) is 0 Å². The summed E-state index contributed by atoms with van der Waals surface area (Å²) in [6.45, 7) is 0.213. The van der Waals surface area contributed by atoms with Gasteiger partial charge >= 0.3 is 0 Å². The highest BCUT2D eigenvalue weighted by atomic mass is 79.9. The SMILES string of the molecule is O=S(=O)(NCc1cccc(Br)c1)c1ccc(Cl)nc1. The second-order valence-corrected chi connectivity index (χ2v) is 6.84. The minimum Gasteiger partial charge on any atom is -0.243 e. The molecule has 0 saturated heterocycles. The molecule has 0 fully saturated rings. The summed E-state index contributed by atoms with van der Waals surface area (Å²) in [7, 11) is -3.57. The molecule has 0 radical (unpaired) electrons. The van der Waals surface area contributed by atoms with Gasteiger partial charge in [-0.2, -0.15) is 0 Å². The molecular formula is C12H10BrClN2O2S. The zero-order chi connectivity index (χ0) is 13.9. The Balaban J connectivity index is 2.12. The third kappa shape index (κ3) is 4.01. The van der Waals surface area contributed by atoms with E-state index in [1.54, 1.807) is 0 Å². The number of benzene rings is 1. The van der Waals surface area contributed by atoms with Crippen molar-refractivity contribution in [2.45, 2.75) is 11.4 Å². The van der Waals surface area contributed by atoms with Crippen LogP contribution in [-0.2, 0) is 16.6 Å². The van der Waals surface area contributed by atoms with E-state index in [1.165, 1.54) is 18.3 Å². The summed E-state index contributed by atoms with van der Waals surface area (Å²) >= 11 is 8.95. The highest BCUT2D eigenvalue weighted by Crippen LogP contribution is 2.14. The largest absolute Gasteiger partial charge is 0.243 e. The van der Waals surface area contributed by atoms with Crippen LogP contribution in [-0.4, -0.2) is 13.4 Å². The van der Waals surface area contributed by atoms with Gasteiger partial charge in [0.25, 0.3) is 0 Å². The maximum absolute atomic E-state index is 12.0. The number of hydrogen-bond donors (Lipinski definition) is 1. The summed E-state index contributed by atoms with van der Waals surface area (Å²) in [6, 6.07) is 10.3. The molecule has 0 bridgehead atoms. The van der Waals surface area contributed by atoms with E-state index in [0.717, 1.165) is 10.0 Å². The molecule has 1 aromatic carbocycles. The molecule has 0 aliphatic heterocycles. The lowest BCUT2D eigenvalue weighted by Gasteiger charge is -2.07. The van der Waals surface area contributed by atoms with E-state index in [9.17, 15) is 8.42 Å². The van der Waals surface area contributed by atoms with Crippen molar-refractivity contribution in [3.63, 3.8) is 0 Å². The quantitative estimate of drug-likeness (QED) is 0.852. The normalized spacial score (nSPS) is 11.5. The molecule has 0 aliphatic rings. The van der Waals surface area contributed by atoms with Crippen LogP contribution in [0.15, 0.2) is 52.0 Å². The number of nitrogens with zero attached hydrogens (tertiary/aromatic N) is 1. The average molecular weight is 362 g/mol. The van der Waals surface area contributed by atoms with E-state index < -0.39 is 10.0 Å². The second-order valence-electron chi connectivity index (χ2n) is 3.77. The van der Waals surface area contributed by atoms with Crippen molar-refractivity contribution in [2.24, 2.45) is 0 Å². The van der Waals surface area contributed by atoms with Crippen molar-refractivity contribution in [1.29, 1.82) is 0 Å². The molecule has 100 valence electrons. The maximum Gasteiger partial charge on any atom is 0.242 e. The average Bonchev–Trinajstić information content (AvgIpc) is 2.37. The van der Waals surface area contributed by atoms with E-state index >= 15 is 0 Å². The summed E-state index contributed by atoms with van der Waals surface area (Å²) in [4.78, 5) is 3.84. The van der Waals surface area contributed by atoms with Gasteiger partial charge in [0.05, 0.1) is 0 Å². The lowest BCUT2D eigenvalue weighted by Crippen LogP contribution is -2.23. The van der Waals surface area contributed by atoms with Crippen LogP contribution in [0.3, 0.4) is 0 Å². The van der Waals surface area contributed by atoms with Crippen LogP contribution in [0.1, 0.15) is 5.56 Å². The molecular weight excluding hydrogens is 352 g/mol. The summed E-state index contributed by atoms with van der Waals surface area (Å²) in [6.07, 6.45) is 1.23. The predicted octanol–water partition coefficient (Wildman–Crippen LogP) is 2.98. The first kappa shape index (κ1) is 14.5. The zero-order valence-electron chi connectivity index (χ0n) is 9.68. The van der Waals surface area contributed by atoms with Gasteiger partial charge in [-0.15, -0.1) is 0 Å². The first-order chi connectivity index (χ1) is 8.97.